The van der Waals surface area contributed by atoms with E-state index in [1.165, 1.54) is 12.1 Å². The smallest absolute Gasteiger partial charge is 0.335 e. The first-order valence-electron chi connectivity index (χ1n) is 4.28. The van der Waals surface area contributed by atoms with Crippen molar-refractivity contribution < 1.29 is 19.4 Å². The van der Waals surface area contributed by atoms with E-state index in [0.717, 1.165) is 0 Å². The molecule has 4 heteroatoms. The summed E-state index contributed by atoms with van der Waals surface area (Å²) in [5, 5.41) is 8.69. The third kappa shape index (κ3) is 3.06. The molecule has 0 bridgehead atoms. The average molecular weight is 196 g/mol. The van der Waals surface area contributed by atoms with Crippen molar-refractivity contribution >= 4 is 5.97 Å². The molecule has 1 N–H and O–H groups in total. The predicted octanol–water partition coefficient (Wildman–Crippen LogP) is 1.76. The van der Waals surface area contributed by atoms with Crippen LogP contribution in [-0.2, 0) is 4.74 Å². The maximum absolute atomic E-state index is 10.6. The zero-order valence-corrected chi connectivity index (χ0v) is 7.90. The third-order valence-electron chi connectivity index (χ3n) is 1.59. The van der Waals surface area contributed by atoms with Gasteiger partial charge in [-0.05, 0) is 25.1 Å². The van der Waals surface area contributed by atoms with Gasteiger partial charge >= 0.3 is 5.97 Å². The van der Waals surface area contributed by atoms with Gasteiger partial charge in [0.1, 0.15) is 5.75 Å². The van der Waals surface area contributed by atoms with Crippen LogP contribution in [0.3, 0.4) is 0 Å². The summed E-state index contributed by atoms with van der Waals surface area (Å²) >= 11 is 0. The standard InChI is InChI=1S/C10H12O4/c1-2-13-7-14-9-5-3-4-8(6-9)10(11)12/h3-6H,2,7H2,1H3,(H,11,12). The Morgan fingerprint density at radius 2 is 2.29 bits per heavy atom. The molecule has 0 aliphatic carbocycles. The molecular formula is C10H12O4. The Balaban J connectivity index is 2.59. The van der Waals surface area contributed by atoms with E-state index in [4.69, 9.17) is 14.6 Å². The number of hydrogen-bond donors (Lipinski definition) is 1. The zero-order valence-electron chi connectivity index (χ0n) is 7.90. The van der Waals surface area contributed by atoms with Gasteiger partial charge in [-0.3, -0.25) is 0 Å². The second kappa shape index (κ2) is 5.24. The van der Waals surface area contributed by atoms with Crippen LogP contribution in [-0.4, -0.2) is 24.5 Å². The fraction of sp³-hybridized carbons (Fsp3) is 0.300. The maximum atomic E-state index is 10.6. The van der Waals surface area contributed by atoms with Crippen LogP contribution >= 0.6 is 0 Å². The lowest BCUT2D eigenvalue weighted by molar-refractivity contribution is 0.0223. The van der Waals surface area contributed by atoms with E-state index < -0.39 is 5.97 Å². The van der Waals surface area contributed by atoms with Gasteiger partial charge in [0.15, 0.2) is 6.79 Å². The van der Waals surface area contributed by atoms with Crippen LogP contribution in [0, 0.1) is 0 Å². The van der Waals surface area contributed by atoms with Crippen LogP contribution in [0.25, 0.3) is 0 Å². The Hall–Kier alpha value is -1.55. The second-order valence-corrected chi connectivity index (χ2v) is 2.59. The molecule has 0 aliphatic heterocycles. The van der Waals surface area contributed by atoms with Crippen molar-refractivity contribution in [2.24, 2.45) is 0 Å². The number of carboxylic acids is 1. The molecule has 76 valence electrons. The molecule has 4 nitrogen and oxygen atoms in total. The van der Waals surface area contributed by atoms with E-state index in [9.17, 15) is 4.79 Å². The number of rotatable bonds is 5. The molecule has 0 saturated carbocycles. The quantitative estimate of drug-likeness (QED) is 0.575. The molecule has 14 heavy (non-hydrogen) atoms. The fourth-order valence-corrected chi connectivity index (χ4v) is 0.912. The van der Waals surface area contributed by atoms with Crippen LogP contribution in [0.4, 0.5) is 0 Å². The molecule has 1 aromatic rings. The highest BCUT2D eigenvalue weighted by Crippen LogP contribution is 2.13. The summed E-state index contributed by atoms with van der Waals surface area (Å²) in [7, 11) is 0. The first-order valence-corrected chi connectivity index (χ1v) is 4.28. The average Bonchev–Trinajstić information content (AvgIpc) is 2.19. The van der Waals surface area contributed by atoms with E-state index >= 15 is 0 Å². The van der Waals surface area contributed by atoms with Crippen molar-refractivity contribution in [1.29, 1.82) is 0 Å². The van der Waals surface area contributed by atoms with Crippen molar-refractivity contribution in [3.05, 3.63) is 29.8 Å². The van der Waals surface area contributed by atoms with E-state index in [2.05, 4.69) is 0 Å². The van der Waals surface area contributed by atoms with Crippen LogP contribution < -0.4 is 4.74 Å². The van der Waals surface area contributed by atoms with Crippen LogP contribution in [0.5, 0.6) is 5.75 Å². The van der Waals surface area contributed by atoms with Gasteiger partial charge in [0.05, 0.1) is 5.56 Å². The minimum absolute atomic E-state index is 0.138. The highest BCUT2D eigenvalue weighted by Gasteiger charge is 2.03. The molecule has 0 spiro atoms. The van der Waals surface area contributed by atoms with Crippen LogP contribution in [0.2, 0.25) is 0 Å². The molecule has 0 heterocycles. The first kappa shape index (κ1) is 10.5. The Morgan fingerprint density at radius 1 is 1.50 bits per heavy atom. The molecule has 0 radical (unpaired) electrons. The van der Waals surface area contributed by atoms with Gasteiger partial charge in [-0.15, -0.1) is 0 Å². The lowest BCUT2D eigenvalue weighted by Gasteiger charge is -2.05. The van der Waals surface area contributed by atoms with Crippen molar-refractivity contribution in [1.82, 2.24) is 0 Å². The van der Waals surface area contributed by atoms with Gasteiger partial charge in [0, 0.05) is 6.61 Å². The number of hydrogen-bond acceptors (Lipinski definition) is 3. The summed E-state index contributed by atoms with van der Waals surface area (Å²) in [6.07, 6.45) is 0. The highest BCUT2D eigenvalue weighted by molar-refractivity contribution is 5.87. The van der Waals surface area contributed by atoms with Gasteiger partial charge in [-0.2, -0.15) is 0 Å². The Labute approximate surface area is 82.1 Å². The van der Waals surface area contributed by atoms with Crippen molar-refractivity contribution in [3.8, 4) is 5.75 Å². The van der Waals surface area contributed by atoms with Crippen molar-refractivity contribution in [3.63, 3.8) is 0 Å². The largest absolute Gasteiger partial charge is 0.478 e. The molecule has 0 fully saturated rings. The highest BCUT2D eigenvalue weighted by atomic mass is 16.7. The van der Waals surface area contributed by atoms with Gasteiger partial charge in [0.2, 0.25) is 0 Å². The lowest BCUT2D eigenvalue weighted by atomic mass is 10.2. The number of ether oxygens (including phenoxy) is 2. The van der Waals surface area contributed by atoms with E-state index in [0.29, 0.717) is 12.4 Å². The molecule has 0 atom stereocenters. The molecule has 0 saturated heterocycles. The SMILES string of the molecule is CCOCOc1cccc(C(=O)O)c1. The molecule has 0 unspecified atom stereocenters. The number of carbonyl (C=O) groups is 1. The Kier molecular flexibility index (Phi) is 3.94. The fourth-order valence-electron chi connectivity index (χ4n) is 0.912. The Bertz CT molecular complexity index is 309. The van der Waals surface area contributed by atoms with Gasteiger partial charge in [-0.25, -0.2) is 4.79 Å². The van der Waals surface area contributed by atoms with E-state index in [-0.39, 0.29) is 12.4 Å². The van der Waals surface area contributed by atoms with Crippen LogP contribution in [0.15, 0.2) is 24.3 Å². The summed E-state index contributed by atoms with van der Waals surface area (Å²) in [5.41, 5.74) is 0.207. The van der Waals surface area contributed by atoms with Crippen LogP contribution in [0.1, 0.15) is 17.3 Å². The summed E-state index contributed by atoms with van der Waals surface area (Å²) in [5.74, 6) is -0.467. The number of benzene rings is 1. The summed E-state index contributed by atoms with van der Waals surface area (Å²) in [4.78, 5) is 10.6. The molecule has 0 aromatic heterocycles. The normalized spacial score (nSPS) is 9.79. The summed E-state index contributed by atoms with van der Waals surface area (Å²) in [6.45, 7) is 2.56. The zero-order chi connectivity index (χ0) is 10.4. The summed E-state index contributed by atoms with van der Waals surface area (Å²) in [6, 6.07) is 6.29. The van der Waals surface area contributed by atoms with Gasteiger partial charge in [-0.1, -0.05) is 6.07 Å². The minimum Gasteiger partial charge on any atom is -0.478 e. The maximum Gasteiger partial charge on any atom is 0.335 e. The number of carboxylic acid groups (broad SMARTS) is 1. The van der Waals surface area contributed by atoms with Crippen molar-refractivity contribution in [2.45, 2.75) is 6.92 Å². The van der Waals surface area contributed by atoms with Gasteiger partial charge in [0.25, 0.3) is 0 Å². The molecular weight excluding hydrogens is 184 g/mol. The Morgan fingerprint density at radius 3 is 2.93 bits per heavy atom. The topological polar surface area (TPSA) is 55.8 Å². The first-order chi connectivity index (χ1) is 6.74. The minimum atomic E-state index is -0.966. The second-order valence-electron chi connectivity index (χ2n) is 2.59. The molecule has 0 amide bonds. The number of aromatic carboxylic acids is 1. The molecule has 1 aromatic carbocycles. The lowest BCUT2D eigenvalue weighted by Crippen LogP contribution is -2.03. The van der Waals surface area contributed by atoms with E-state index in [1.54, 1.807) is 12.1 Å². The van der Waals surface area contributed by atoms with E-state index in [1.807, 2.05) is 6.92 Å². The van der Waals surface area contributed by atoms with Crippen molar-refractivity contribution in [2.75, 3.05) is 13.4 Å². The predicted molar refractivity (Wildman–Crippen MR) is 50.5 cm³/mol. The summed E-state index contributed by atoms with van der Waals surface area (Å²) < 4.78 is 10.1. The monoisotopic (exact) mass is 196 g/mol. The molecule has 1 rings (SSSR count). The third-order valence-corrected chi connectivity index (χ3v) is 1.59. The molecule has 0 aliphatic rings. The van der Waals surface area contributed by atoms with Gasteiger partial charge < -0.3 is 14.6 Å².